The van der Waals surface area contributed by atoms with E-state index in [1.165, 1.54) is 30.6 Å². The lowest BCUT2D eigenvalue weighted by atomic mass is 10.3. The van der Waals surface area contributed by atoms with Crippen LogP contribution in [0.25, 0.3) is 0 Å². The summed E-state index contributed by atoms with van der Waals surface area (Å²) in [7, 11) is 1.53. The van der Waals surface area contributed by atoms with Gasteiger partial charge in [0.05, 0.1) is 4.08 Å². The van der Waals surface area contributed by atoms with Crippen LogP contribution in [-0.4, -0.2) is 38.6 Å². The third kappa shape index (κ3) is 2.36. The Morgan fingerprint density at radius 1 is 1.29 bits per heavy atom. The number of hydrogen-bond acceptors (Lipinski definition) is 4. The van der Waals surface area contributed by atoms with Gasteiger partial charge in [0, 0.05) is 7.05 Å². The molecule has 14 heavy (non-hydrogen) atoms. The van der Waals surface area contributed by atoms with Crippen molar-refractivity contribution < 1.29 is 14.7 Å². The van der Waals surface area contributed by atoms with Gasteiger partial charge in [0.2, 0.25) is 5.91 Å². The van der Waals surface area contributed by atoms with Crippen molar-refractivity contribution in [2.45, 2.75) is 28.4 Å². The van der Waals surface area contributed by atoms with E-state index in [-0.39, 0.29) is 9.99 Å². The second kappa shape index (κ2) is 4.02. The maximum Gasteiger partial charge on any atom is 0.318 e. The Labute approximate surface area is 91.2 Å². The highest BCUT2D eigenvalue weighted by Gasteiger charge is 2.47. The molecule has 1 rings (SSSR count). The molecular weight excluding hydrogens is 222 g/mol. The quantitative estimate of drug-likeness (QED) is 0.740. The fourth-order valence-electron chi connectivity index (χ4n) is 1.28. The van der Waals surface area contributed by atoms with Gasteiger partial charge in [0.25, 0.3) is 0 Å². The number of thioether (sulfide) groups is 2. The molecule has 1 heterocycles. The largest absolute Gasteiger partial charge is 0.480 e. The van der Waals surface area contributed by atoms with E-state index < -0.39 is 16.5 Å². The second-order valence-electron chi connectivity index (χ2n) is 3.43. The molecule has 0 aromatic carbocycles. The molecule has 6 heteroatoms. The van der Waals surface area contributed by atoms with Crippen molar-refractivity contribution in [1.82, 2.24) is 5.32 Å². The van der Waals surface area contributed by atoms with E-state index in [1.807, 2.05) is 13.8 Å². The molecule has 1 saturated heterocycles. The summed E-state index contributed by atoms with van der Waals surface area (Å²) in [5.41, 5.74) is 0. The van der Waals surface area contributed by atoms with Crippen LogP contribution in [0.15, 0.2) is 0 Å². The highest BCUT2D eigenvalue weighted by Crippen LogP contribution is 2.51. The highest BCUT2D eigenvalue weighted by molar-refractivity contribution is 8.22. The van der Waals surface area contributed by atoms with E-state index in [9.17, 15) is 9.59 Å². The van der Waals surface area contributed by atoms with Crippen LogP contribution in [0.3, 0.4) is 0 Å². The lowest BCUT2D eigenvalue weighted by Crippen LogP contribution is -2.38. The second-order valence-corrected chi connectivity index (χ2v) is 7.22. The fourth-order valence-corrected chi connectivity index (χ4v) is 4.49. The molecule has 0 bridgehead atoms. The van der Waals surface area contributed by atoms with Crippen molar-refractivity contribution in [2.75, 3.05) is 7.05 Å². The molecule has 0 aliphatic carbocycles. The molecule has 0 aromatic rings. The van der Waals surface area contributed by atoms with E-state index in [1.54, 1.807) is 0 Å². The molecule has 2 N–H and O–H groups in total. The minimum atomic E-state index is -0.915. The van der Waals surface area contributed by atoms with Gasteiger partial charge < -0.3 is 10.4 Å². The average Bonchev–Trinajstić information content (AvgIpc) is 2.40. The molecule has 2 unspecified atom stereocenters. The SMILES string of the molecule is CNC(=O)C1SC(C)(C)SC1C(=O)O. The highest BCUT2D eigenvalue weighted by atomic mass is 32.2. The van der Waals surface area contributed by atoms with Crippen molar-refractivity contribution in [3.63, 3.8) is 0 Å². The van der Waals surface area contributed by atoms with Gasteiger partial charge in [-0.15, -0.1) is 23.5 Å². The summed E-state index contributed by atoms with van der Waals surface area (Å²) in [6.45, 7) is 3.86. The number of carbonyl (C=O) groups is 2. The Balaban J connectivity index is 2.83. The van der Waals surface area contributed by atoms with Gasteiger partial charge in [-0.3, -0.25) is 9.59 Å². The van der Waals surface area contributed by atoms with Gasteiger partial charge in [0.15, 0.2) is 0 Å². The zero-order chi connectivity index (χ0) is 10.9. The number of carbonyl (C=O) groups excluding carboxylic acids is 1. The average molecular weight is 235 g/mol. The van der Waals surface area contributed by atoms with E-state index in [4.69, 9.17) is 5.11 Å². The number of hydrogen-bond donors (Lipinski definition) is 2. The van der Waals surface area contributed by atoms with Crippen LogP contribution in [0.1, 0.15) is 13.8 Å². The third-order valence-corrected chi connectivity index (χ3v) is 5.20. The van der Waals surface area contributed by atoms with Crippen molar-refractivity contribution in [3.8, 4) is 0 Å². The molecular formula is C8H13NO3S2. The lowest BCUT2D eigenvalue weighted by molar-refractivity contribution is -0.137. The monoisotopic (exact) mass is 235 g/mol. The molecule has 80 valence electrons. The van der Waals surface area contributed by atoms with Crippen LogP contribution in [0.5, 0.6) is 0 Å². The van der Waals surface area contributed by atoms with Gasteiger partial charge in [-0.25, -0.2) is 0 Å². The summed E-state index contributed by atoms with van der Waals surface area (Å²) in [5.74, 6) is -1.12. The molecule has 1 amide bonds. The predicted octanol–water partition coefficient (Wildman–Crippen LogP) is 0.770. The summed E-state index contributed by atoms with van der Waals surface area (Å²) >= 11 is 2.74. The van der Waals surface area contributed by atoms with Crippen molar-refractivity contribution in [3.05, 3.63) is 0 Å². The van der Waals surface area contributed by atoms with Crippen LogP contribution in [0.4, 0.5) is 0 Å². The first-order valence-electron chi connectivity index (χ1n) is 4.17. The zero-order valence-electron chi connectivity index (χ0n) is 8.23. The van der Waals surface area contributed by atoms with E-state index in [2.05, 4.69) is 5.32 Å². The summed E-state index contributed by atoms with van der Waals surface area (Å²) in [6, 6.07) is 0. The van der Waals surface area contributed by atoms with Crippen LogP contribution in [0.2, 0.25) is 0 Å². The van der Waals surface area contributed by atoms with E-state index >= 15 is 0 Å². The summed E-state index contributed by atoms with van der Waals surface area (Å²) in [5, 5.41) is 10.3. The van der Waals surface area contributed by atoms with Crippen molar-refractivity contribution in [1.29, 1.82) is 0 Å². The van der Waals surface area contributed by atoms with Gasteiger partial charge in [-0.05, 0) is 13.8 Å². The third-order valence-electron chi connectivity index (χ3n) is 1.84. The maximum atomic E-state index is 11.4. The first-order chi connectivity index (χ1) is 6.37. The van der Waals surface area contributed by atoms with Gasteiger partial charge in [-0.1, -0.05) is 0 Å². The van der Waals surface area contributed by atoms with Crippen molar-refractivity contribution in [2.24, 2.45) is 0 Å². The summed E-state index contributed by atoms with van der Waals surface area (Å²) in [4.78, 5) is 22.3. The standard InChI is InChI=1S/C8H13NO3S2/c1-8(2)13-4(6(10)9-3)5(14-8)7(11)12/h4-5H,1-3H3,(H,9,10)(H,11,12). The smallest absolute Gasteiger partial charge is 0.318 e. The number of nitrogens with one attached hydrogen (secondary N) is 1. The fraction of sp³-hybridized carbons (Fsp3) is 0.750. The molecule has 0 saturated carbocycles. The molecule has 0 radical (unpaired) electrons. The van der Waals surface area contributed by atoms with Crippen molar-refractivity contribution >= 4 is 35.4 Å². The first kappa shape index (κ1) is 11.7. The number of aliphatic carboxylic acids is 1. The number of rotatable bonds is 2. The van der Waals surface area contributed by atoms with E-state index in [0.717, 1.165) is 0 Å². The Morgan fingerprint density at radius 3 is 2.21 bits per heavy atom. The van der Waals surface area contributed by atoms with E-state index in [0.29, 0.717) is 0 Å². The Kier molecular flexibility index (Phi) is 3.36. The molecule has 4 nitrogen and oxygen atoms in total. The predicted molar refractivity (Wildman–Crippen MR) is 58.5 cm³/mol. The number of carboxylic acid groups (broad SMARTS) is 1. The minimum Gasteiger partial charge on any atom is -0.480 e. The summed E-state index contributed by atoms with van der Waals surface area (Å²) in [6.07, 6.45) is 0. The Hall–Kier alpha value is -0.360. The van der Waals surface area contributed by atoms with Gasteiger partial charge in [0.1, 0.15) is 10.5 Å². The molecule has 1 fully saturated rings. The van der Waals surface area contributed by atoms with Crippen LogP contribution >= 0.6 is 23.5 Å². The Bertz CT molecular complexity index is 267. The minimum absolute atomic E-state index is 0.208. The Morgan fingerprint density at radius 2 is 1.79 bits per heavy atom. The van der Waals surface area contributed by atoms with Gasteiger partial charge in [-0.2, -0.15) is 0 Å². The molecule has 0 aromatic heterocycles. The maximum absolute atomic E-state index is 11.4. The van der Waals surface area contributed by atoms with Crippen LogP contribution in [0, 0.1) is 0 Å². The number of amides is 1. The molecule has 0 spiro atoms. The lowest BCUT2D eigenvalue weighted by Gasteiger charge is -2.14. The molecule has 2 atom stereocenters. The molecule has 1 aliphatic rings. The topological polar surface area (TPSA) is 66.4 Å². The zero-order valence-corrected chi connectivity index (χ0v) is 9.87. The van der Waals surface area contributed by atoms with Gasteiger partial charge >= 0.3 is 5.97 Å². The molecule has 1 aliphatic heterocycles. The summed E-state index contributed by atoms with van der Waals surface area (Å²) < 4.78 is -0.208. The number of carboxylic acids is 1. The van der Waals surface area contributed by atoms with Crippen LogP contribution in [-0.2, 0) is 9.59 Å². The first-order valence-corrected chi connectivity index (χ1v) is 5.93. The normalized spacial score (nSPS) is 29.9. The van der Waals surface area contributed by atoms with Crippen LogP contribution < -0.4 is 5.32 Å².